The summed E-state index contributed by atoms with van der Waals surface area (Å²) in [4.78, 5) is 5.00. The lowest BCUT2D eigenvalue weighted by molar-refractivity contribution is 0.126. The summed E-state index contributed by atoms with van der Waals surface area (Å²) in [5.41, 5.74) is 3.99. The van der Waals surface area contributed by atoms with Crippen molar-refractivity contribution in [2.24, 2.45) is 0 Å². The van der Waals surface area contributed by atoms with Crippen molar-refractivity contribution in [2.45, 2.75) is 19.9 Å². The second kappa shape index (κ2) is 9.80. The first-order valence-electron chi connectivity index (χ1n) is 10.0. The zero-order valence-electron chi connectivity index (χ0n) is 17.5. The Morgan fingerprint density at radius 1 is 0.714 bits per heavy atom. The van der Waals surface area contributed by atoms with Gasteiger partial charge in [-0.25, -0.2) is 0 Å². The van der Waals surface area contributed by atoms with Crippen molar-refractivity contribution in [1.82, 2.24) is 9.80 Å². The van der Waals surface area contributed by atoms with Gasteiger partial charge in [0.15, 0.2) is 11.5 Å². The van der Waals surface area contributed by atoms with E-state index in [0.29, 0.717) is 11.5 Å². The van der Waals surface area contributed by atoms with Gasteiger partial charge in [-0.3, -0.25) is 4.90 Å². The largest absolute Gasteiger partial charge is 0.493 e. The predicted octanol–water partition coefficient (Wildman–Crippen LogP) is 3.91. The van der Waals surface area contributed by atoms with Gasteiger partial charge in [-0.1, -0.05) is 37.3 Å². The normalized spacial score (nSPS) is 15.4. The molecule has 0 spiro atoms. The Balaban J connectivity index is 0.000000311. The highest BCUT2D eigenvalue weighted by Crippen LogP contribution is 2.40. The smallest absolute Gasteiger partial charge is 0.203 e. The molecule has 5 nitrogen and oxygen atoms in total. The van der Waals surface area contributed by atoms with Crippen LogP contribution in [0.4, 0.5) is 0 Å². The second-order valence-corrected chi connectivity index (χ2v) is 7.19. The molecular formula is C23H32N2O3. The molecule has 0 atom stereocenters. The third-order valence-electron chi connectivity index (χ3n) is 5.40. The lowest BCUT2D eigenvalue weighted by Gasteiger charge is -2.34. The van der Waals surface area contributed by atoms with Crippen LogP contribution in [0.5, 0.6) is 17.2 Å². The topological polar surface area (TPSA) is 34.2 Å². The molecule has 3 aliphatic rings. The summed E-state index contributed by atoms with van der Waals surface area (Å²) in [7, 11) is 4.97. The highest BCUT2D eigenvalue weighted by atomic mass is 16.5. The minimum Gasteiger partial charge on any atom is -0.493 e. The zero-order valence-corrected chi connectivity index (χ0v) is 17.5. The summed E-state index contributed by atoms with van der Waals surface area (Å²) in [6, 6.07) is 12.5. The first kappa shape index (κ1) is 20.5. The molecule has 0 radical (unpaired) electrons. The predicted molar refractivity (Wildman–Crippen MR) is 114 cm³/mol. The maximum absolute atomic E-state index is 5.57. The summed E-state index contributed by atoms with van der Waals surface area (Å²) in [5.74, 6) is 2.15. The molecule has 0 N–H and O–H groups in total. The van der Waals surface area contributed by atoms with Crippen molar-refractivity contribution in [1.29, 1.82) is 0 Å². The van der Waals surface area contributed by atoms with E-state index < -0.39 is 0 Å². The summed E-state index contributed by atoms with van der Waals surface area (Å²) in [6.07, 6.45) is 1.23. The van der Waals surface area contributed by atoms with E-state index in [1.807, 2.05) is 6.07 Å². The Hall–Kier alpha value is -2.24. The molecule has 4 rings (SSSR count). The van der Waals surface area contributed by atoms with Crippen LogP contribution in [0, 0.1) is 0 Å². The molecule has 0 unspecified atom stereocenters. The Bertz CT molecular complexity index is 732. The fourth-order valence-corrected chi connectivity index (χ4v) is 3.68. The zero-order chi connectivity index (χ0) is 19.9. The third kappa shape index (κ3) is 4.59. The number of fused-ring (bicyclic) bond motifs is 1. The molecule has 0 saturated carbocycles. The van der Waals surface area contributed by atoms with Crippen molar-refractivity contribution in [2.75, 3.05) is 54.1 Å². The number of methoxy groups -OCH3 is 3. The molecule has 1 aromatic rings. The van der Waals surface area contributed by atoms with Gasteiger partial charge in [-0.2, -0.15) is 0 Å². The van der Waals surface area contributed by atoms with Gasteiger partial charge >= 0.3 is 0 Å². The highest BCUT2D eigenvalue weighted by molar-refractivity contribution is 5.75. The van der Waals surface area contributed by atoms with Gasteiger partial charge in [0.05, 0.1) is 21.3 Å². The van der Waals surface area contributed by atoms with Crippen LogP contribution < -0.4 is 14.2 Å². The molecule has 152 valence electrons. The van der Waals surface area contributed by atoms with Gasteiger partial charge in [-0.15, -0.1) is 0 Å². The second-order valence-electron chi connectivity index (χ2n) is 7.19. The summed E-state index contributed by atoms with van der Waals surface area (Å²) < 4.78 is 16.4. The van der Waals surface area contributed by atoms with Gasteiger partial charge in [0.25, 0.3) is 0 Å². The fraction of sp³-hybridized carbons (Fsp3) is 0.478. The number of benzene rings is 2. The molecule has 1 aromatic carbocycles. The Kier molecular flexibility index (Phi) is 7.18. The molecule has 1 heterocycles. The van der Waals surface area contributed by atoms with E-state index in [4.69, 9.17) is 14.2 Å². The number of piperazine rings is 1. The average molecular weight is 385 g/mol. The third-order valence-corrected chi connectivity index (χ3v) is 5.40. The summed E-state index contributed by atoms with van der Waals surface area (Å²) in [5, 5.41) is 0. The summed E-state index contributed by atoms with van der Waals surface area (Å²) in [6.45, 7) is 8.79. The van der Waals surface area contributed by atoms with Crippen LogP contribution in [-0.4, -0.2) is 63.9 Å². The quantitative estimate of drug-likeness (QED) is 0.617. The average Bonchev–Trinajstić information content (AvgIpc) is 2.72. The van der Waals surface area contributed by atoms with Crippen molar-refractivity contribution in [3.63, 3.8) is 0 Å². The van der Waals surface area contributed by atoms with E-state index in [-0.39, 0.29) is 0 Å². The Labute approximate surface area is 168 Å². The van der Waals surface area contributed by atoms with Crippen molar-refractivity contribution in [3.05, 3.63) is 42.0 Å². The molecule has 1 saturated heterocycles. The molecule has 28 heavy (non-hydrogen) atoms. The molecule has 1 aliphatic heterocycles. The minimum atomic E-state index is 0.673. The molecular weight excluding hydrogens is 352 g/mol. The number of hydrogen-bond acceptors (Lipinski definition) is 5. The SMILES string of the molecule is CCCN1CCN(Cc2ccc(OC)c(OC)c2OC)CC1.c1cc2ccc1-2. The van der Waals surface area contributed by atoms with Crippen LogP contribution in [0.1, 0.15) is 18.9 Å². The van der Waals surface area contributed by atoms with Crippen LogP contribution in [0.25, 0.3) is 11.1 Å². The van der Waals surface area contributed by atoms with Crippen LogP contribution in [0.2, 0.25) is 0 Å². The maximum Gasteiger partial charge on any atom is 0.203 e. The van der Waals surface area contributed by atoms with Crippen LogP contribution in [0.15, 0.2) is 36.4 Å². The first-order valence-corrected chi connectivity index (χ1v) is 10.0. The monoisotopic (exact) mass is 384 g/mol. The van der Waals surface area contributed by atoms with Gasteiger partial charge in [0.2, 0.25) is 5.75 Å². The van der Waals surface area contributed by atoms with E-state index in [1.54, 1.807) is 21.3 Å². The van der Waals surface area contributed by atoms with Gasteiger partial charge < -0.3 is 19.1 Å². The molecule has 5 heteroatoms. The van der Waals surface area contributed by atoms with Gasteiger partial charge in [0, 0.05) is 38.3 Å². The van der Waals surface area contributed by atoms with Gasteiger partial charge in [-0.05, 0) is 30.2 Å². The molecule has 0 amide bonds. The first-order chi connectivity index (χ1) is 13.7. The maximum atomic E-state index is 5.57. The van der Waals surface area contributed by atoms with Crippen LogP contribution in [-0.2, 0) is 6.54 Å². The molecule has 2 aliphatic carbocycles. The van der Waals surface area contributed by atoms with E-state index in [2.05, 4.69) is 47.1 Å². The van der Waals surface area contributed by atoms with Crippen LogP contribution in [0.3, 0.4) is 0 Å². The van der Waals surface area contributed by atoms with Crippen molar-refractivity contribution < 1.29 is 14.2 Å². The minimum absolute atomic E-state index is 0.673. The molecule has 1 fully saturated rings. The molecule has 0 bridgehead atoms. The van der Waals surface area contributed by atoms with Crippen molar-refractivity contribution >= 4 is 0 Å². The van der Waals surface area contributed by atoms with Crippen LogP contribution >= 0.6 is 0 Å². The van der Waals surface area contributed by atoms with E-state index in [9.17, 15) is 0 Å². The van der Waals surface area contributed by atoms with Crippen molar-refractivity contribution in [3.8, 4) is 28.4 Å². The Morgan fingerprint density at radius 2 is 1.29 bits per heavy atom. The van der Waals surface area contributed by atoms with E-state index in [1.165, 1.54) is 24.1 Å². The summed E-state index contributed by atoms with van der Waals surface area (Å²) >= 11 is 0. The Morgan fingerprint density at radius 3 is 1.71 bits per heavy atom. The van der Waals surface area contributed by atoms with E-state index in [0.717, 1.165) is 44.0 Å². The van der Waals surface area contributed by atoms with E-state index >= 15 is 0 Å². The number of rotatable bonds is 7. The number of ether oxygens (including phenoxy) is 3. The lowest BCUT2D eigenvalue weighted by atomic mass is 9.95. The fourth-order valence-electron chi connectivity index (χ4n) is 3.68. The number of hydrogen-bond donors (Lipinski definition) is 0. The highest BCUT2D eigenvalue weighted by Gasteiger charge is 2.20. The molecule has 0 aromatic heterocycles. The number of nitrogens with zero attached hydrogens (tertiary/aromatic N) is 2. The lowest BCUT2D eigenvalue weighted by Crippen LogP contribution is -2.46. The van der Waals surface area contributed by atoms with Gasteiger partial charge in [0.1, 0.15) is 0 Å². The standard InChI is InChI=1S/C17H28N2O3.C6H4/c1-5-8-18-9-11-19(12-10-18)13-14-6-7-15(20-2)17(22-4)16(14)21-3;1-2-6-4-3-5(1)6/h6-7H,5,8-13H2,1-4H3;1-4H.